The van der Waals surface area contributed by atoms with Crippen molar-refractivity contribution in [3.63, 3.8) is 0 Å². The molecule has 0 fully saturated rings. The average molecular weight is 321 g/mol. The molecule has 1 aromatic carbocycles. The highest BCUT2D eigenvalue weighted by Gasteiger charge is 2.27. The standard InChI is InChI=1S/C18H15N3O3/c1-2-9-21-18(23)16(11-19)17(22)13-5-7-14(8-6-13)24-15-4-3-10-20-12-15/h2-8,10,12,16H,1,9H2,(H,21,23). The quantitative estimate of drug-likeness (QED) is 0.480. The Hall–Kier alpha value is -3.46. The van der Waals surface area contributed by atoms with Gasteiger partial charge in [-0.3, -0.25) is 14.6 Å². The van der Waals surface area contributed by atoms with E-state index in [1.807, 2.05) is 0 Å². The van der Waals surface area contributed by atoms with E-state index in [0.29, 0.717) is 11.5 Å². The minimum Gasteiger partial charge on any atom is -0.456 e. The van der Waals surface area contributed by atoms with Crippen LogP contribution in [0, 0.1) is 17.2 Å². The fraction of sp³-hybridized carbons (Fsp3) is 0.111. The molecule has 1 N–H and O–H groups in total. The summed E-state index contributed by atoms with van der Waals surface area (Å²) in [7, 11) is 0. The van der Waals surface area contributed by atoms with Gasteiger partial charge < -0.3 is 10.1 Å². The summed E-state index contributed by atoms with van der Waals surface area (Å²) in [4.78, 5) is 28.1. The van der Waals surface area contributed by atoms with Gasteiger partial charge in [-0.2, -0.15) is 5.26 Å². The van der Waals surface area contributed by atoms with Gasteiger partial charge in [-0.15, -0.1) is 6.58 Å². The van der Waals surface area contributed by atoms with Crippen LogP contribution >= 0.6 is 0 Å². The monoisotopic (exact) mass is 321 g/mol. The lowest BCUT2D eigenvalue weighted by molar-refractivity contribution is -0.121. The van der Waals surface area contributed by atoms with Gasteiger partial charge in [-0.1, -0.05) is 6.08 Å². The summed E-state index contributed by atoms with van der Waals surface area (Å²) in [5.41, 5.74) is 0.258. The second-order valence-electron chi connectivity index (χ2n) is 4.78. The fourth-order valence-corrected chi connectivity index (χ4v) is 1.91. The molecule has 0 bridgehead atoms. The van der Waals surface area contributed by atoms with Gasteiger partial charge in [-0.05, 0) is 36.4 Å². The minimum absolute atomic E-state index is 0.197. The summed E-state index contributed by atoms with van der Waals surface area (Å²) < 4.78 is 5.57. The number of Topliss-reactive ketones (excluding diaryl/α,β-unsaturated/α-hetero) is 1. The second-order valence-corrected chi connectivity index (χ2v) is 4.78. The molecule has 120 valence electrons. The van der Waals surface area contributed by atoms with Crippen LogP contribution in [0.1, 0.15) is 10.4 Å². The zero-order chi connectivity index (χ0) is 17.4. The molecule has 1 heterocycles. The first-order chi connectivity index (χ1) is 11.7. The smallest absolute Gasteiger partial charge is 0.245 e. The third kappa shape index (κ3) is 4.27. The zero-order valence-electron chi connectivity index (χ0n) is 12.8. The molecule has 2 aromatic rings. The van der Waals surface area contributed by atoms with Gasteiger partial charge in [0.2, 0.25) is 5.91 Å². The van der Waals surface area contributed by atoms with E-state index in [9.17, 15) is 9.59 Å². The second kappa shape index (κ2) is 8.25. The van der Waals surface area contributed by atoms with Gasteiger partial charge >= 0.3 is 0 Å². The van der Waals surface area contributed by atoms with E-state index in [1.54, 1.807) is 42.7 Å². The first-order valence-corrected chi connectivity index (χ1v) is 7.16. The van der Waals surface area contributed by atoms with Crippen molar-refractivity contribution in [1.82, 2.24) is 10.3 Å². The third-order valence-corrected chi connectivity index (χ3v) is 3.08. The Morgan fingerprint density at radius 2 is 2.04 bits per heavy atom. The van der Waals surface area contributed by atoms with Gasteiger partial charge in [0.25, 0.3) is 0 Å². The van der Waals surface area contributed by atoms with Crippen LogP contribution in [0.4, 0.5) is 0 Å². The van der Waals surface area contributed by atoms with Crippen LogP contribution < -0.4 is 10.1 Å². The number of benzene rings is 1. The Morgan fingerprint density at radius 1 is 1.29 bits per heavy atom. The van der Waals surface area contributed by atoms with Gasteiger partial charge in [0.15, 0.2) is 11.7 Å². The predicted molar refractivity (Wildman–Crippen MR) is 87.4 cm³/mol. The number of ketones is 1. The number of carbonyl (C=O) groups excluding carboxylic acids is 2. The summed E-state index contributed by atoms with van der Waals surface area (Å²) >= 11 is 0. The molecule has 6 heteroatoms. The van der Waals surface area contributed by atoms with Crippen LogP contribution in [0.2, 0.25) is 0 Å². The van der Waals surface area contributed by atoms with Crippen molar-refractivity contribution in [3.8, 4) is 17.6 Å². The maximum Gasteiger partial charge on any atom is 0.245 e. The fourth-order valence-electron chi connectivity index (χ4n) is 1.91. The Balaban J connectivity index is 2.08. The molecule has 24 heavy (non-hydrogen) atoms. The molecular weight excluding hydrogens is 306 g/mol. The first-order valence-electron chi connectivity index (χ1n) is 7.16. The minimum atomic E-state index is -1.39. The van der Waals surface area contributed by atoms with Crippen molar-refractivity contribution in [3.05, 3.63) is 67.0 Å². The molecule has 0 saturated heterocycles. The molecule has 2 rings (SSSR count). The van der Waals surface area contributed by atoms with Crippen LogP contribution in [-0.4, -0.2) is 23.2 Å². The Bertz CT molecular complexity index is 764. The highest BCUT2D eigenvalue weighted by Crippen LogP contribution is 2.21. The lowest BCUT2D eigenvalue weighted by atomic mass is 9.98. The van der Waals surface area contributed by atoms with Crippen LogP contribution in [0.3, 0.4) is 0 Å². The molecule has 1 aromatic heterocycles. The van der Waals surface area contributed by atoms with Crippen LogP contribution in [-0.2, 0) is 4.79 Å². The maximum absolute atomic E-state index is 12.3. The largest absolute Gasteiger partial charge is 0.456 e. The molecule has 0 spiro atoms. The van der Waals surface area contributed by atoms with Crippen molar-refractivity contribution in [1.29, 1.82) is 5.26 Å². The van der Waals surface area contributed by atoms with Crippen LogP contribution in [0.5, 0.6) is 11.5 Å². The number of pyridine rings is 1. The van der Waals surface area contributed by atoms with Crippen molar-refractivity contribution in [2.24, 2.45) is 5.92 Å². The summed E-state index contributed by atoms with van der Waals surface area (Å²) in [5, 5.41) is 11.5. The third-order valence-electron chi connectivity index (χ3n) is 3.08. The van der Waals surface area contributed by atoms with E-state index in [2.05, 4.69) is 16.9 Å². The predicted octanol–water partition coefficient (Wildman–Crippen LogP) is 2.50. The molecule has 0 saturated carbocycles. The molecular formula is C18H15N3O3. The molecule has 0 aliphatic carbocycles. The molecule has 1 atom stereocenters. The molecule has 0 aliphatic rings. The summed E-state index contributed by atoms with van der Waals surface area (Å²) in [6, 6.07) is 11.4. The summed E-state index contributed by atoms with van der Waals surface area (Å²) in [5.74, 6) is -1.51. The maximum atomic E-state index is 12.3. The van der Waals surface area contributed by atoms with E-state index in [1.165, 1.54) is 18.2 Å². The Morgan fingerprint density at radius 3 is 2.62 bits per heavy atom. The van der Waals surface area contributed by atoms with Gasteiger partial charge in [0.05, 0.1) is 12.3 Å². The van der Waals surface area contributed by atoms with E-state index in [-0.39, 0.29) is 12.1 Å². The van der Waals surface area contributed by atoms with Crippen molar-refractivity contribution in [2.45, 2.75) is 0 Å². The van der Waals surface area contributed by atoms with Gasteiger partial charge in [-0.25, -0.2) is 0 Å². The molecule has 0 radical (unpaired) electrons. The number of rotatable bonds is 7. The van der Waals surface area contributed by atoms with Crippen molar-refractivity contribution >= 4 is 11.7 Å². The lowest BCUT2D eigenvalue weighted by Gasteiger charge is -2.09. The number of hydrogen-bond acceptors (Lipinski definition) is 5. The number of aromatic nitrogens is 1. The SMILES string of the molecule is C=CCNC(=O)C(C#N)C(=O)c1ccc(Oc2cccnc2)cc1. The van der Waals surface area contributed by atoms with E-state index < -0.39 is 17.6 Å². The number of nitrogens with one attached hydrogen (secondary N) is 1. The van der Waals surface area contributed by atoms with Crippen molar-refractivity contribution in [2.75, 3.05) is 6.54 Å². The molecule has 6 nitrogen and oxygen atoms in total. The van der Waals surface area contributed by atoms with E-state index in [0.717, 1.165) is 0 Å². The van der Waals surface area contributed by atoms with E-state index >= 15 is 0 Å². The number of nitrogens with zero attached hydrogens (tertiary/aromatic N) is 2. The normalized spacial score (nSPS) is 11.0. The summed E-state index contributed by atoms with van der Waals surface area (Å²) in [6.07, 6.45) is 4.67. The molecule has 1 unspecified atom stereocenters. The van der Waals surface area contributed by atoms with Gasteiger partial charge in [0, 0.05) is 18.3 Å². The highest BCUT2D eigenvalue weighted by molar-refractivity contribution is 6.12. The Kier molecular flexibility index (Phi) is 5.81. The number of hydrogen-bond donors (Lipinski definition) is 1. The Labute approximate surface area is 139 Å². The molecule has 0 aliphatic heterocycles. The number of carbonyl (C=O) groups is 2. The van der Waals surface area contributed by atoms with Crippen LogP contribution in [0.25, 0.3) is 0 Å². The number of amides is 1. The lowest BCUT2D eigenvalue weighted by Crippen LogP contribution is -2.34. The zero-order valence-corrected chi connectivity index (χ0v) is 12.8. The highest BCUT2D eigenvalue weighted by atomic mass is 16.5. The van der Waals surface area contributed by atoms with Crippen molar-refractivity contribution < 1.29 is 14.3 Å². The first kappa shape index (κ1) is 16.9. The average Bonchev–Trinajstić information content (AvgIpc) is 2.62. The molecule has 1 amide bonds. The topological polar surface area (TPSA) is 92.1 Å². The number of ether oxygens (including phenoxy) is 1. The number of nitriles is 1. The van der Waals surface area contributed by atoms with E-state index in [4.69, 9.17) is 10.00 Å². The summed E-state index contributed by atoms with van der Waals surface area (Å²) in [6.45, 7) is 3.66. The van der Waals surface area contributed by atoms with Crippen LogP contribution in [0.15, 0.2) is 61.4 Å². The van der Waals surface area contributed by atoms with Gasteiger partial charge in [0.1, 0.15) is 11.5 Å².